The Morgan fingerprint density at radius 1 is 1.27 bits per heavy atom. The summed E-state index contributed by atoms with van der Waals surface area (Å²) in [5, 5.41) is 10.2. The third-order valence-electron chi connectivity index (χ3n) is 7.94. The summed E-state index contributed by atoms with van der Waals surface area (Å²) in [5.41, 5.74) is -1.75. The molecule has 1 N–H and O–H groups in total. The number of halogens is 4. The second-order valence-corrected chi connectivity index (χ2v) is 10.3. The molecular formula is C20H24Cl2F2O2. The zero-order valence-corrected chi connectivity index (χ0v) is 16.6. The third-order valence-corrected chi connectivity index (χ3v) is 9.48. The summed E-state index contributed by atoms with van der Waals surface area (Å²) in [4.78, 5) is 10.7. The van der Waals surface area contributed by atoms with Crippen molar-refractivity contribution in [2.24, 2.45) is 28.6 Å². The van der Waals surface area contributed by atoms with Crippen LogP contribution >= 0.6 is 23.2 Å². The van der Waals surface area contributed by atoms with Crippen LogP contribution in [0, 0.1) is 28.6 Å². The molecule has 0 radical (unpaired) electrons. The molecule has 0 unspecified atom stereocenters. The fourth-order valence-corrected chi connectivity index (χ4v) is 7.78. The standard InChI is InChI=1S/C20H24Cl2F2O2/c1-9-6-10-11-7-12(23)15-16(24)13(25)4-5-19(15,3)20(11,22)14(21)8-18(10,2)17(9)26/h4-5,9-12,14,17,26H,6-8H2,1-3H3/t9-,10+,11+,12+,14+,17-,18+,19+,20+/m1/s1. The quantitative estimate of drug-likeness (QED) is 0.592. The average Bonchev–Trinajstić information content (AvgIpc) is 2.78. The number of hydrogen-bond donors (Lipinski definition) is 1. The molecule has 0 spiro atoms. The number of carbonyl (C=O) groups excluding carboxylic acids is 1. The Morgan fingerprint density at radius 3 is 2.58 bits per heavy atom. The molecule has 0 heterocycles. The Bertz CT molecular complexity index is 737. The topological polar surface area (TPSA) is 37.3 Å². The van der Waals surface area contributed by atoms with Gasteiger partial charge in [0.05, 0.1) is 16.4 Å². The van der Waals surface area contributed by atoms with Crippen molar-refractivity contribution in [1.82, 2.24) is 0 Å². The monoisotopic (exact) mass is 404 g/mol. The lowest BCUT2D eigenvalue weighted by molar-refractivity contribution is -0.113. The zero-order valence-electron chi connectivity index (χ0n) is 15.1. The molecule has 144 valence electrons. The van der Waals surface area contributed by atoms with Gasteiger partial charge in [0.25, 0.3) is 0 Å². The van der Waals surface area contributed by atoms with Crippen molar-refractivity contribution in [2.45, 2.75) is 62.6 Å². The Labute approximate surface area is 162 Å². The second kappa shape index (κ2) is 5.55. The molecule has 4 rings (SSSR count). The first kappa shape index (κ1) is 18.9. The summed E-state index contributed by atoms with van der Waals surface area (Å²) in [6.07, 6.45) is 1.87. The number of alkyl halides is 3. The molecule has 0 aliphatic heterocycles. The van der Waals surface area contributed by atoms with Crippen molar-refractivity contribution >= 4 is 29.0 Å². The number of rotatable bonds is 0. The minimum Gasteiger partial charge on any atom is -0.392 e. The number of ketones is 1. The van der Waals surface area contributed by atoms with Crippen molar-refractivity contribution in [3.63, 3.8) is 0 Å². The van der Waals surface area contributed by atoms with Gasteiger partial charge in [-0.2, -0.15) is 0 Å². The van der Waals surface area contributed by atoms with Gasteiger partial charge in [0, 0.05) is 11.0 Å². The van der Waals surface area contributed by atoms with E-state index in [-0.39, 0.29) is 29.7 Å². The molecule has 4 aliphatic rings. The molecular weight excluding hydrogens is 381 g/mol. The van der Waals surface area contributed by atoms with Crippen molar-refractivity contribution in [3.8, 4) is 0 Å². The van der Waals surface area contributed by atoms with Gasteiger partial charge >= 0.3 is 0 Å². The average molecular weight is 405 g/mol. The van der Waals surface area contributed by atoms with Crippen molar-refractivity contribution in [2.75, 3.05) is 0 Å². The van der Waals surface area contributed by atoms with Gasteiger partial charge in [-0.1, -0.05) is 26.8 Å². The normalized spacial score (nSPS) is 56.2. The molecule has 0 aromatic heterocycles. The summed E-state index contributed by atoms with van der Waals surface area (Å²) in [6.45, 7) is 5.71. The fourth-order valence-electron chi connectivity index (χ4n) is 6.57. The highest BCUT2D eigenvalue weighted by Gasteiger charge is 2.71. The maximum Gasteiger partial charge on any atom is 0.213 e. The van der Waals surface area contributed by atoms with Crippen LogP contribution in [0.3, 0.4) is 0 Å². The van der Waals surface area contributed by atoms with E-state index in [1.807, 2.05) is 13.8 Å². The number of carbonyl (C=O) groups is 1. The Morgan fingerprint density at radius 2 is 1.92 bits per heavy atom. The lowest BCUT2D eigenvalue weighted by Crippen LogP contribution is -2.66. The van der Waals surface area contributed by atoms with Gasteiger partial charge in [-0.05, 0) is 48.5 Å². The number of aliphatic hydroxyl groups excluding tert-OH is 1. The van der Waals surface area contributed by atoms with E-state index >= 15 is 4.39 Å². The molecule has 3 fully saturated rings. The predicted octanol–water partition coefficient (Wildman–Crippen LogP) is 4.73. The SMILES string of the molecule is C[C@@H]1C[C@H]2[C@@H]3C[C@H](F)C4=C(F)C(=O)C=C[C@]4(C)[C@@]3(Cl)[C@@H](Cl)C[C@]2(C)[C@@H]1O. The van der Waals surface area contributed by atoms with Gasteiger partial charge in [-0.15, -0.1) is 23.2 Å². The fraction of sp³-hybridized carbons (Fsp3) is 0.750. The minimum absolute atomic E-state index is 0.00529. The molecule has 4 aliphatic carbocycles. The second-order valence-electron chi connectivity index (χ2n) is 9.15. The van der Waals surface area contributed by atoms with Gasteiger partial charge in [-0.25, -0.2) is 8.78 Å². The molecule has 0 aromatic carbocycles. The molecule has 0 aromatic rings. The number of hydrogen-bond acceptors (Lipinski definition) is 2. The lowest BCUT2D eigenvalue weighted by Gasteiger charge is -2.63. The number of allylic oxidation sites excluding steroid dienone is 4. The van der Waals surface area contributed by atoms with Crippen LogP contribution in [0.1, 0.15) is 40.0 Å². The van der Waals surface area contributed by atoms with Gasteiger partial charge in [0.2, 0.25) is 5.78 Å². The van der Waals surface area contributed by atoms with Crippen LogP contribution in [-0.4, -0.2) is 33.4 Å². The summed E-state index contributed by atoms with van der Waals surface area (Å²) < 4.78 is 29.8. The van der Waals surface area contributed by atoms with Gasteiger partial charge < -0.3 is 5.11 Å². The highest BCUT2D eigenvalue weighted by atomic mass is 35.5. The largest absolute Gasteiger partial charge is 0.392 e. The number of aliphatic hydroxyl groups is 1. The van der Waals surface area contributed by atoms with E-state index in [1.165, 1.54) is 0 Å². The zero-order chi connectivity index (χ0) is 19.2. The molecule has 2 nitrogen and oxygen atoms in total. The Kier molecular flexibility index (Phi) is 4.03. The van der Waals surface area contributed by atoms with Crippen LogP contribution in [-0.2, 0) is 4.79 Å². The third kappa shape index (κ3) is 1.99. The van der Waals surface area contributed by atoms with Crippen LogP contribution in [0.4, 0.5) is 8.78 Å². The molecule has 9 atom stereocenters. The summed E-state index contributed by atoms with van der Waals surface area (Å²) in [5.74, 6) is -2.06. The maximum atomic E-state index is 15.2. The van der Waals surface area contributed by atoms with Gasteiger partial charge in [0.15, 0.2) is 5.83 Å². The van der Waals surface area contributed by atoms with Crippen molar-refractivity contribution in [3.05, 3.63) is 23.6 Å². The molecule has 6 heteroatoms. The van der Waals surface area contributed by atoms with E-state index in [0.717, 1.165) is 12.5 Å². The highest BCUT2D eigenvalue weighted by molar-refractivity contribution is 6.34. The van der Waals surface area contributed by atoms with E-state index in [0.29, 0.717) is 6.42 Å². The van der Waals surface area contributed by atoms with Gasteiger partial charge in [-0.3, -0.25) is 4.79 Å². The Hall–Kier alpha value is -0.450. The van der Waals surface area contributed by atoms with E-state index in [4.69, 9.17) is 23.2 Å². The van der Waals surface area contributed by atoms with Crippen LogP contribution in [0.5, 0.6) is 0 Å². The Balaban J connectivity index is 1.89. The summed E-state index contributed by atoms with van der Waals surface area (Å²) in [7, 11) is 0. The van der Waals surface area contributed by atoms with Crippen molar-refractivity contribution in [1.29, 1.82) is 0 Å². The molecule has 3 saturated carbocycles. The number of fused-ring (bicyclic) bond motifs is 5. The summed E-state index contributed by atoms with van der Waals surface area (Å²) in [6, 6.07) is 0. The molecule has 0 amide bonds. The van der Waals surface area contributed by atoms with Crippen molar-refractivity contribution < 1.29 is 18.7 Å². The van der Waals surface area contributed by atoms with Crippen LogP contribution in [0.15, 0.2) is 23.6 Å². The smallest absolute Gasteiger partial charge is 0.213 e. The van der Waals surface area contributed by atoms with E-state index in [1.54, 1.807) is 13.0 Å². The van der Waals surface area contributed by atoms with Gasteiger partial charge in [0.1, 0.15) is 6.17 Å². The first-order valence-electron chi connectivity index (χ1n) is 9.27. The van der Waals surface area contributed by atoms with E-state index in [2.05, 4.69) is 0 Å². The van der Waals surface area contributed by atoms with E-state index < -0.39 is 45.0 Å². The summed E-state index contributed by atoms with van der Waals surface area (Å²) >= 11 is 14.0. The molecule has 0 saturated heterocycles. The molecule has 26 heavy (non-hydrogen) atoms. The highest BCUT2D eigenvalue weighted by Crippen LogP contribution is 2.70. The minimum atomic E-state index is -1.58. The van der Waals surface area contributed by atoms with Crippen LogP contribution in [0.25, 0.3) is 0 Å². The van der Waals surface area contributed by atoms with E-state index in [9.17, 15) is 14.3 Å². The maximum absolute atomic E-state index is 15.2. The predicted molar refractivity (Wildman–Crippen MR) is 97.6 cm³/mol. The van der Waals surface area contributed by atoms with Crippen LogP contribution < -0.4 is 0 Å². The lowest BCUT2D eigenvalue weighted by atomic mass is 9.47. The first-order valence-corrected chi connectivity index (χ1v) is 10.1. The first-order chi connectivity index (χ1) is 12.0. The molecule has 0 bridgehead atoms. The van der Waals surface area contributed by atoms with Crippen LogP contribution in [0.2, 0.25) is 0 Å².